The van der Waals surface area contributed by atoms with Crippen molar-refractivity contribution in [2.24, 2.45) is 0 Å². The van der Waals surface area contributed by atoms with Crippen molar-refractivity contribution >= 4 is 11.7 Å². The molecule has 0 atom stereocenters. The van der Waals surface area contributed by atoms with Gasteiger partial charge in [0.25, 0.3) is 0 Å². The third kappa shape index (κ3) is 2.85. The summed E-state index contributed by atoms with van der Waals surface area (Å²) in [5.41, 5.74) is 0.684. The van der Waals surface area contributed by atoms with Crippen molar-refractivity contribution in [3.63, 3.8) is 0 Å². The van der Waals surface area contributed by atoms with Gasteiger partial charge in [0.05, 0.1) is 0 Å². The Morgan fingerprint density at radius 3 is 2.72 bits per heavy atom. The Kier molecular flexibility index (Phi) is 3.32. The van der Waals surface area contributed by atoms with Crippen molar-refractivity contribution in [1.82, 2.24) is 5.32 Å². The lowest BCUT2D eigenvalue weighted by atomic mass is 10.3. The van der Waals surface area contributed by atoms with Crippen molar-refractivity contribution in [3.05, 3.63) is 18.2 Å². The zero-order chi connectivity index (χ0) is 13.2. The molecule has 0 aliphatic carbocycles. The average Bonchev–Trinajstić information content (AvgIpc) is 2.59. The largest absolute Gasteiger partial charge is 0.449 e. The highest BCUT2D eigenvalue weighted by atomic mass is 16.7. The molecule has 1 aliphatic rings. The third-order valence-corrected chi connectivity index (χ3v) is 2.45. The Labute approximate surface area is 106 Å². The second-order valence-electron chi connectivity index (χ2n) is 4.65. The van der Waals surface area contributed by atoms with Gasteiger partial charge in [0, 0.05) is 32.1 Å². The number of urea groups is 1. The molecule has 98 valence electrons. The number of carbonyl (C=O) groups is 1. The Bertz CT molecular complexity index is 458. The zero-order valence-corrected chi connectivity index (χ0v) is 10.9. The lowest BCUT2D eigenvalue weighted by molar-refractivity contribution is -0.0431. The molecule has 2 N–H and O–H groups in total. The van der Waals surface area contributed by atoms with Gasteiger partial charge in [0.1, 0.15) is 0 Å². The minimum atomic E-state index is -0.647. The smallest absolute Gasteiger partial charge is 0.319 e. The van der Waals surface area contributed by atoms with E-state index in [1.165, 1.54) is 0 Å². The van der Waals surface area contributed by atoms with Crippen LogP contribution in [0.3, 0.4) is 0 Å². The Balaban J connectivity index is 2.03. The van der Waals surface area contributed by atoms with Gasteiger partial charge in [0.2, 0.25) is 5.79 Å². The van der Waals surface area contributed by atoms with Crippen LogP contribution in [0.2, 0.25) is 0 Å². The van der Waals surface area contributed by atoms with Gasteiger partial charge in [-0.15, -0.1) is 0 Å². The lowest BCUT2D eigenvalue weighted by Gasteiger charge is -2.16. The summed E-state index contributed by atoms with van der Waals surface area (Å²) in [6.07, 6.45) is 0.906. The number of carbonyl (C=O) groups excluding carboxylic acids is 1. The van der Waals surface area contributed by atoms with Crippen LogP contribution in [0.5, 0.6) is 11.5 Å². The van der Waals surface area contributed by atoms with E-state index >= 15 is 0 Å². The molecule has 0 saturated carbocycles. The Morgan fingerprint density at radius 2 is 2.00 bits per heavy atom. The fraction of sp³-hybridized carbons (Fsp3) is 0.462. The maximum Gasteiger partial charge on any atom is 0.319 e. The van der Waals surface area contributed by atoms with Crippen LogP contribution in [0.25, 0.3) is 0 Å². The number of hydrogen-bond acceptors (Lipinski definition) is 3. The van der Waals surface area contributed by atoms with Crippen LogP contribution in [-0.2, 0) is 0 Å². The van der Waals surface area contributed by atoms with Crippen LogP contribution in [0.15, 0.2) is 18.2 Å². The highest BCUT2D eigenvalue weighted by Crippen LogP contribution is 2.40. The molecule has 5 heteroatoms. The first-order valence-electron chi connectivity index (χ1n) is 6.07. The standard InChI is InChI=1S/C13H18N2O3/c1-4-7-14-12(16)15-9-5-6-10-11(8-9)18-13(2,3)17-10/h5-6,8H,4,7H2,1-3H3,(H2,14,15,16). The molecule has 0 radical (unpaired) electrons. The molecule has 2 amide bonds. The summed E-state index contributed by atoms with van der Waals surface area (Å²) in [4.78, 5) is 11.5. The van der Waals surface area contributed by atoms with Crippen LogP contribution in [0, 0.1) is 0 Å². The van der Waals surface area contributed by atoms with Crippen LogP contribution in [0.4, 0.5) is 10.5 Å². The van der Waals surface area contributed by atoms with Crippen LogP contribution in [0.1, 0.15) is 27.2 Å². The highest BCUT2D eigenvalue weighted by Gasteiger charge is 2.31. The first-order chi connectivity index (χ1) is 8.50. The number of benzene rings is 1. The predicted molar refractivity (Wildman–Crippen MR) is 69.1 cm³/mol. The maximum absolute atomic E-state index is 11.5. The second kappa shape index (κ2) is 4.76. The van der Waals surface area contributed by atoms with Gasteiger partial charge in [-0.1, -0.05) is 6.92 Å². The number of anilines is 1. The maximum atomic E-state index is 11.5. The van der Waals surface area contributed by atoms with Crippen molar-refractivity contribution in [3.8, 4) is 11.5 Å². The molecule has 5 nitrogen and oxygen atoms in total. The van der Waals surface area contributed by atoms with Crippen LogP contribution in [-0.4, -0.2) is 18.4 Å². The number of ether oxygens (including phenoxy) is 2. The van der Waals surface area contributed by atoms with Gasteiger partial charge in [0.15, 0.2) is 11.5 Å². The number of rotatable bonds is 3. The highest BCUT2D eigenvalue weighted by molar-refractivity contribution is 5.89. The van der Waals surface area contributed by atoms with E-state index in [0.29, 0.717) is 23.7 Å². The fourth-order valence-corrected chi connectivity index (χ4v) is 1.71. The predicted octanol–water partition coefficient (Wildman–Crippen LogP) is 2.73. The molecule has 1 aliphatic heterocycles. The molecule has 0 saturated heterocycles. The first-order valence-corrected chi connectivity index (χ1v) is 6.07. The monoisotopic (exact) mass is 250 g/mol. The van der Waals surface area contributed by atoms with Crippen LogP contribution >= 0.6 is 0 Å². The second-order valence-corrected chi connectivity index (χ2v) is 4.65. The van der Waals surface area contributed by atoms with E-state index in [9.17, 15) is 4.79 Å². The van der Waals surface area contributed by atoms with Crippen molar-refractivity contribution in [1.29, 1.82) is 0 Å². The summed E-state index contributed by atoms with van der Waals surface area (Å²) in [6.45, 7) is 6.34. The summed E-state index contributed by atoms with van der Waals surface area (Å²) in [7, 11) is 0. The number of amides is 2. The van der Waals surface area contributed by atoms with E-state index in [2.05, 4.69) is 10.6 Å². The quantitative estimate of drug-likeness (QED) is 0.867. The normalized spacial score (nSPS) is 15.3. The molecular weight excluding hydrogens is 232 g/mol. The minimum absolute atomic E-state index is 0.213. The van der Waals surface area contributed by atoms with E-state index in [4.69, 9.17) is 9.47 Å². The molecular formula is C13H18N2O3. The summed E-state index contributed by atoms with van der Waals surface area (Å²) in [5, 5.41) is 5.49. The third-order valence-electron chi connectivity index (χ3n) is 2.45. The molecule has 1 heterocycles. The molecule has 0 fully saturated rings. The van der Waals surface area contributed by atoms with Gasteiger partial charge in [-0.25, -0.2) is 4.79 Å². The van der Waals surface area contributed by atoms with E-state index in [-0.39, 0.29) is 6.03 Å². The fourth-order valence-electron chi connectivity index (χ4n) is 1.71. The van der Waals surface area contributed by atoms with Gasteiger partial charge in [-0.2, -0.15) is 0 Å². The van der Waals surface area contributed by atoms with Gasteiger partial charge < -0.3 is 20.1 Å². The van der Waals surface area contributed by atoms with E-state index in [0.717, 1.165) is 6.42 Å². The van der Waals surface area contributed by atoms with Gasteiger partial charge in [-0.3, -0.25) is 0 Å². The summed E-state index contributed by atoms with van der Waals surface area (Å²) in [5.74, 6) is 0.693. The number of nitrogens with one attached hydrogen (secondary N) is 2. The van der Waals surface area contributed by atoms with Crippen molar-refractivity contribution in [2.75, 3.05) is 11.9 Å². The van der Waals surface area contributed by atoms with Crippen LogP contribution < -0.4 is 20.1 Å². The average molecular weight is 250 g/mol. The molecule has 2 rings (SSSR count). The molecule has 0 bridgehead atoms. The van der Waals surface area contributed by atoms with Crippen molar-refractivity contribution < 1.29 is 14.3 Å². The molecule has 0 spiro atoms. The van der Waals surface area contributed by atoms with E-state index in [1.54, 1.807) is 18.2 Å². The SMILES string of the molecule is CCCNC(=O)Nc1ccc2c(c1)OC(C)(C)O2. The summed E-state index contributed by atoms with van der Waals surface area (Å²) < 4.78 is 11.2. The van der Waals surface area contributed by atoms with E-state index in [1.807, 2.05) is 20.8 Å². The summed E-state index contributed by atoms with van der Waals surface area (Å²) >= 11 is 0. The Hall–Kier alpha value is -1.91. The summed E-state index contributed by atoms with van der Waals surface area (Å²) in [6, 6.07) is 5.12. The minimum Gasteiger partial charge on any atom is -0.449 e. The number of hydrogen-bond donors (Lipinski definition) is 2. The molecule has 0 aromatic heterocycles. The Morgan fingerprint density at radius 1 is 1.28 bits per heavy atom. The van der Waals surface area contributed by atoms with Gasteiger partial charge in [-0.05, 0) is 18.6 Å². The topological polar surface area (TPSA) is 59.6 Å². The molecule has 1 aromatic carbocycles. The molecule has 1 aromatic rings. The first kappa shape index (κ1) is 12.5. The zero-order valence-electron chi connectivity index (χ0n) is 10.9. The van der Waals surface area contributed by atoms with Crippen molar-refractivity contribution in [2.45, 2.75) is 33.0 Å². The molecule has 18 heavy (non-hydrogen) atoms. The number of fused-ring (bicyclic) bond motifs is 1. The van der Waals surface area contributed by atoms with Gasteiger partial charge >= 0.3 is 6.03 Å². The molecule has 0 unspecified atom stereocenters. The lowest BCUT2D eigenvalue weighted by Crippen LogP contribution is -2.29. The van der Waals surface area contributed by atoms with E-state index < -0.39 is 5.79 Å².